The molecule has 0 N–H and O–H groups in total. The van der Waals surface area contributed by atoms with E-state index >= 15 is 0 Å². The molecule has 0 heterocycles. The third-order valence-corrected chi connectivity index (χ3v) is 1.18. The van der Waals surface area contributed by atoms with Gasteiger partial charge in [-0.25, -0.2) is 0 Å². The third-order valence-electron chi connectivity index (χ3n) is 1.18. The fraction of sp³-hybridized carbons (Fsp3) is 0.200. The standard InChI is InChI=1S/C8H8O.C2H4O/c1-7(9)8-5-3-2-4-6-8;1-2-3/h2-6H,1H3;2H,1H3. The van der Waals surface area contributed by atoms with Gasteiger partial charge < -0.3 is 4.79 Å². The summed E-state index contributed by atoms with van der Waals surface area (Å²) in [6.45, 7) is 3.01. The number of benzene rings is 1. The Bertz CT molecular complexity index is 239. The minimum atomic E-state index is 0.121. The molecule has 2 heteroatoms. The van der Waals surface area contributed by atoms with Crippen LogP contribution in [0.5, 0.6) is 0 Å². The lowest BCUT2D eigenvalue weighted by molar-refractivity contribution is -0.106. The van der Waals surface area contributed by atoms with Gasteiger partial charge in [-0.1, -0.05) is 30.3 Å². The van der Waals surface area contributed by atoms with Crippen LogP contribution in [-0.2, 0) is 4.79 Å². The van der Waals surface area contributed by atoms with E-state index in [1.165, 1.54) is 6.92 Å². The van der Waals surface area contributed by atoms with Gasteiger partial charge in [0, 0.05) is 5.56 Å². The predicted molar refractivity (Wildman–Crippen MR) is 48.2 cm³/mol. The van der Waals surface area contributed by atoms with Crippen molar-refractivity contribution in [1.29, 1.82) is 0 Å². The minimum Gasteiger partial charge on any atom is -0.304 e. The molecule has 0 amide bonds. The van der Waals surface area contributed by atoms with Crippen molar-refractivity contribution in [2.24, 2.45) is 0 Å². The molecule has 1 rings (SSSR count). The number of carbonyl (C=O) groups excluding carboxylic acids is 2. The van der Waals surface area contributed by atoms with Gasteiger partial charge in [-0.2, -0.15) is 0 Å². The maximum atomic E-state index is 10.6. The van der Waals surface area contributed by atoms with Crippen LogP contribution in [0.15, 0.2) is 30.3 Å². The zero-order chi connectivity index (χ0) is 9.40. The van der Waals surface area contributed by atoms with Gasteiger partial charge in [0.05, 0.1) is 0 Å². The summed E-state index contributed by atoms with van der Waals surface area (Å²) in [5.74, 6) is 0.121. The Morgan fingerprint density at radius 2 is 1.67 bits per heavy atom. The lowest BCUT2D eigenvalue weighted by Crippen LogP contribution is -1.88. The second-order valence-corrected chi connectivity index (χ2v) is 2.16. The van der Waals surface area contributed by atoms with Crippen molar-refractivity contribution < 1.29 is 9.59 Å². The molecular weight excluding hydrogens is 152 g/mol. The van der Waals surface area contributed by atoms with Crippen molar-refractivity contribution >= 4 is 12.1 Å². The summed E-state index contributed by atoms with van der Waals surface area (Å²) >= 11 is 0. The highest BCUT2D eigenvalue weighted by Gasteiger charge is 1.92. The van der Waals surface area contributed by atoms with Crippen molar-refractivity contribution in [1.82, 2.24) is 0 Å². The molecule has 0 fully saturated rings. The summed E-state index contributed by atoms with van der Waals surface area (Å²) in [4.78, 5) is 19.5. The number of rotatable bonds is 1. The topological polar surface area (TPSA) is 34.1 Å². The number of carbonyl (C=O) groups is 2. The van der Waals surface area contributed by atoms with E-state index in [-0.39, 0.29) is 5.78 Å². The summed E-state index contributed by atoms with van der Waals surface area (Å²) in [5.41, 5.74) is 0.775. The highest BCUT2D eigenvalue weighted by atomic mass is 16.1. The molecule has 64 valence electrons. The van der Waals surface area contributed by atoms with Crippen LogP contribution in [0.4, 0.5) is 0 Å². The van der Waals surface area contributed by atoms with Crippen LogP contribution in [0.3, 0.4) is 0 Å². The SMILES string of the molecule is CC(=O)c1ccccc1.CC=O. The average molecular weight is 164 g/mol. The van der Waals surface area contributed by atoms with Crippen molar-refractivity contribution in [2.45, 2.75) is 13.8 Å². The zero-order valence-corrected chi connectivity index (χ0v) is 7.28. The molecule has 2 nitrogen and oxygen atoms in total. The fourth-order valence-corrected chi connectivity index (χ4v) is 0.673. The molecule has 0 aliphatic rings. The van der Waals surface area contributed by atoms with E-state index in [2.05, 4.69) is 0 Å². The molecule has 0 unspecified atom stereocenters. The molecule has 1 aromatic carbocycles. The Hall–Kier alpha value is -1.44. The average Bonchev–Trinajstić information content (AvgIpc) is 2.07. The Kier molecular flexibility index (Phi) is 5.53. The van der Waals surface area contributed by atoms with Gasteiger partial charge in [0.15, 0.2) is 5.78 Å². The molecule has 0 saturated carbocycles. The summed E-state index contributed by atoms with van der Waals surface area (Å²) < 4.78 is 0. The lowest BCUT2D eigenvalue weighted by Gasteiger charge is -1.89. The minimum absolute atomic E-state index is 0.121. The molecule has 0 aromatic heterocycles. The van der Waals surface area contributed by atoms with E-state index in [0.717, 1.165) is 11.8 Å². The summed E-state index contributed by atoms with van der Waals surface area (Å²) in [6, 6.07) is 9.23. The summed E-state index contributed by atoms with van der Waals surface area (Å²) in [5, 5.41) is 0. The highest BCUT2D eigenvalue weighted by molar-refractivity contribution is 5.93. The fourth-order valence-electron chi connectivity index (χ4n) is 0.673. The van der Waals surface area contributed by atoms with Crippen LogP contribution in [0, 0.1) is 0 Å². The number of ketones is 1. The van der Waals surface area contributed by atoms with E-state index in [9.17, 15) is 4.79 Å². The smallest absolute Gasteiger partial charge is 0.159 e. The van der Waals surface area contributed by atoms with Gasteiger partial charge in [-0.15, -0.1) is 0 Å². The van der Waals surface area contributed by atoms with Crippen molar-refractivity contribution in [3.63, 3.8) is 0 Å². The number of hydrogen-bond donors (Lipinski definition) is 0. The number of hydrogen-bond acceptors (Lipinski definition) is 2. The summed E-state index contributed by atoms with van der Waals surface area (Å²) in [6.07, 6.45) is 0.750. The Balaban J connectivity index is 0.000000354. The Labute approximate surface area is 72.2 Å². The first kappa shape index (κ1) is 10.6. The van der Waals surface area contributed by atoms with Gasteiger partial charge >= 0.3 is 0 Å². The molecule has 0 aliphatic heterocycles. The molecule has 0 aliphatic carbocycles. The maximum absolute atomic E-state index is 10.6. The van der Waals surface area contributed by atoms with Crippen LogP contribution in [0.2, 0.25) is 0 Å². The number of Topliss-reactive ketones (excluding diaryl/α,β-unsaturated/α-hetero) is 1. The second kappa shape index (κ2) is 6.28. The van der Waals surface area contributed by atoms with Crippen molar-refractivity contribution in [3.05, 3.63) is 35.9 Å². The highest BCUT2D eigenvalue weighted by Crippen LogP contribution is 1.97. The van der Waals surface area contributed by atoms with E-state index < -0.39 is 0 Å². The quantitative estimate of drug-likeness (QED) is 0.470. The Morgan fingerprint density at radius 3 is 1.92 bits per heavy atom. The first-order valence-electron chi connectivity index (χ1n) is 3.68. The molecule has 12 heavy (non-hydrogen) atoms. The molecule has 0 bridgehead atoms. The van der Waals surface area contributed by atoms with Crippen LogP contribution in [0.25, 0.3) is 0 Å². The van der Waals surface area contributed by atoms with Gasteiger partial charge in [0.25, 0.3) is 0 Å². The van der Waals surface area contributed by atoms with Crippen LogP contribution < -0.4 is 0 Å². The molecule has 0 saturated heterocycles. The molecule has 0 atom stereocenters. The van der Waals surface area contributed by atoms with Gasteiger partial charge in [0.2, 0.25) is 0 Å². The van der Waals surface area contributed by atoms with E-state index in [0.29, 0.717) is 0 Å². The van der Waals surface area contributed by atoms with Crippen LogP contribution in [-0.4, -0.2) is 12.1 Å². The van der Waals surface area contributed by atoms with Crippen molar-refractivity contribution in [2.75, 3.05) is 0 Å². The lowest BCUT2D eigenvalue weighted by atomic mass is 10.2. The van der Waals surface area contributed by atoms with Gasteiger partial charge in [0.1, 0.15) is 6.29 Å². The monoisotopic (exact) mass is 164 g/mol. The predicted octanol–water partition coefficient (Wildman–Crippen LogP) is 2.09. The first-order valence-corrected chi connectivity index (χ1v) is 3.68. The largest absolute Gasteiger partial charge is 0.304 e. The van der Waals surface area contributed by atoms with Gasteiger partial charge in [-0.05, 0) is 13.8 Å². The summed E-state index contributed by atoms with van der Waals surface area (Å²) in [7, 11) is 0. The van der Waals surface area contributed by atoms with E-state index in [4.69, 9.17) is 4.79 Å². The third kappa shape index (κ3) is 4.39. The molecule has 0 radical (unpaired) electrons. The van der Waals surface area contributed by atoms with Crippen LogP contribution >= 0.6 is 0 Å². The zero-order valence-electron chi connectivity index (χ0n) is 7.28. The molecule has 1 aromatic rings. The van der Waals surface area contributed by atoms with E-state index in [1.54, 1.807) is 6.92 Å². The molecule has 0 spiro atoms. The molecular formula is C10H12O2. The second-order valence-electron chi connectivity index (χ2n) is 2.16. The van der Waals surface area contributed by atoms with Crippen LogP contribution in [0.1, 0.15) is 24.2 Å². The number of aldehydes is 1. The van der Waals surface area contributed by atoms with Crippen molar-refractivity contribution in [3.8, 4) is 0 Å². The van der Waals surface area contributed by atoms with E-state index in [1.807, 2.05) is 30.3 Å². The van der Waals surface area contributed by atoms with Gasteiger partial charge in [-0.3, -0.25) is 4.79 Å². The normalized spacial score (nSPS) is 7.83. The first-order chi connectivity index (χ1) is 5.72. The Morgan fingerprint density at radius 1 is 1.25 bits per heavy atom. The maximum Gasteiger partial charge on any atom is 0.159 e.